The van der Waals surface area contributed by atoms with Crippen molar-refractivity contribution in [3.8, 4) is 0 Å². The molecule has 0 aromatic carbocycles. The molecule has 1 amide bonds. The number of fused-ring (bicyclic) bond motifs is 1. The van der Waals surface area contributed by atoms with Crippen LogP contribution in [0, 0.1) is 11.8 Å². The van der Waals surface area contributed by atoms with Gasteiger partial charge in [0.05, 0.1) is 0 Å². The van der Waals surface area contributed by atoms with E-state index in [2.05, 4.69) is 17.2 Å². The molecule has 1 saturated heterocycles. The minimum absolute atomic E-state index is 0.168. The number of likely N-dealkylation sites (tertiary alicyclic amines) is 1. The Labute approximate surface area is 120 Å². The first-order valence-electron chi connectivity index (χ1n) is 7.77. The van der Waals surface area contributed by atoms with Crippen LogP contribution in [-0.2, 0) is 0 Å². The Kier molecular flexibility index (Phi) is 3.90. The maximum absolute atomic E-state index is 12.6. The largest absolute Gasteiger partial charge is 0.370 e. The van der Waals surface area contributed by atoms with E-state index in [9.17, 15) is 4.79 Å². The molecule has 0 spiro atoms. The lowest BCUT2D eigenvalue weighted by Gasteiger charge is -2.17. The minimum atomic E-state index is 0.168. The molecule has 2 aliphatic rings. The third-order valence-corrected chi connectivity index (χ3v) is 4.58. The van der Waals surface area contributed by atoms with Crippen molar-refractivity contribution in [2.45, 2.75) is 32.6 Å². The Bertz CT molecular complexity index is 476. The lowest BCUT2D eigenvalue weighted by Crippen LogP contribution is -2.29. The fraction of sp³-hybridized carbons (Fsp3) is 0.625. The van der Waals surface area contributed by atoms with Crippen LogP contribution < -0.4 is 5.32 Å². The number of nitrogens with one attached hydrogen (secondary N) is 1. The molecule has 0 bridgehead atoms. The summed E-state index contributed by atoms with van der Waals surface area (Å²) in [5, 5.41) is 3.24. The van der Waals surface area contributed by atoms with E-state index in [1.807, 2.05) is 17.0 Å². The molecule has 1 aromatic rings. The summed E-state index contributed by atoms with van der Waals surface area (Å²) in [5.74, 6) is 2.47. The number of pyridine rings is 1. The molecule has 4 nitrogen and oxygen atoms in total. The number of anilines is 1. The number of hydrogen-bond donors (Lipinski definition) is 1. The standard InChI is InChI=1S/C16H23N3O/c1-2-7-17-15-9-12(6-8-18-15)16(20)19-10-13-4-3-5-14(13)11-19/h6,8-9,13-14H,2-5,7,10-11H2,1H3,(H,17,18). The third kappa shape index (κ3) is 2.65. The second-order valence-electron chi connectivity index (χ2n) is 6.02. The molecule has 108 valence electrons. The lowest BCUT2D eigenvalue weighted by atomic mass is 10.0. The number of aromatic nitrogens is 1. The van der Waals surface area contributed by atoms with Crippen molar-refractivity contribution in [2.75, 3.05) is 25.0 Å². The normalized spacial score (nSPS) is 24.8. The molecule has 1 aliphatic heterocycles. The SMILES string of the molecule is CCCNc1cc(C(=O)N2CC3CCCC3C2)ccn1. The second kappa shape index (κ2) is 5.81. The molecule has 20 heavy (non-hydrogen) atoms. The molecule has 1 N–H and O–H groups in total. The van der Waals surface area contributed by atoms with Gasteiger partial charge < -0.3 is 10.2 Å². The fourth-order valence-electron chi connectivity index (χ4n) is 3.50. The third-order valence-electron chi connectivity index (χ3n) is 4.58. The summed E-state index contributed by atoms with van der Waals surface area (Å²) in [7, 11) is 0. The molecule has 2 unspecified atom stereocenters. The van der Waals surface area contributed by atoms with E-state index < -0.39 is 0 Å². The molecule has 1 aliphatic carbocycles. The van der Waals surface area contributed by atoms with Crippen molar-refractivity contribution in [1.29, 1.82) is 0 Å². The monoisotopic (exact) mass is 273 g/mol. The Morgan fingerprint density at radius 3 is 2.85 bits per heavy atom. The smallest absolute Gasteiger partial charge is 0.254 e. The average Bonchev–Trinajstić information content (AvgIpc) is 3.06. The van der Waals surface area contributed by atoms with Crippen LogP contribution in [-0.4, -0.2) is 35.4 Å². The molecule has 2 atom stereocenters. The number of carbonyl (C=O) groups is 1. The van der Waals surface area contributed by atoms with Crippen LogP contribution in [0.25, 0.3) is 0 Å². The number of nitrogens with zero attached hydrogens (tertiary/aromatic N) is 2. The maximum atomic E-state index is 12.6. The highest BCUT2D eigenvalue weighted by Gasteiger charge is 2.38. The molecule has 3 rings (SSSR count). The number of hydrogen-bond acceptors (Lipinski definition) is 3. The van der Waals surface area contributed by atoms with Gasteiger partial charge in [-0.05, 0) is 43.2 Å². The van der Waals surface area contributed by atoms with Crippen LogP contribution in [0.5, 0.6) is 0 Å². The van der Waals surface area contributed by atoms with Crippen LogP contribution in [0.1, 0.15) is 43.0 Å². The molecular formula is C16H23N3O. The second-order valence-corrected chi connectivity index (χ2v) is 6.02. The van der Waals surface area contributed by atoms with Gasteiger partial charge in [0.25, 0.3) is 5.91 Å². The van der Waals surface area contributed by atoms with Crippen molar-refractivity contribution >= 4 is 11.7 Å². The van der Waals surface area contributed by atoms with Gasteiger partial charge in [0.2, 0.25) is 0 Å². The van der Waals surface area contributed by atoms with Gasteiger partial charge >= 0.3 is 0 Å². The Balaban J connectivity index is 1.68. The first-order chi connectivity index (χ1) is 9.78. The summed E-state index contributed by atoms with van der Waals surface area (Å²) in [6.45, 7) is 4.90. The van der Waals surface area contributed by atoms with Crippen LogP contribution in [0.4, 0.5) is 5.82 Å². The summed E-state index contributed by atoms with van der Waals surface area (Å²) >= 11 is 0. The summed E-state index contributed by atoms with van der Waals surface area (Å²) in [6.07, 6.45) is 6.72. The van der Waals surface area contributed by atoms with Crippen LogP contribution in [0.2, 0.25) is 0 Å². The van der Waals surface area contributed by atoms with Gasteiger partial charge in [0.15, 0.2) is 0 Å². The highest BCUT2D eigenvalue weighted by molar-refractivity contribution is 5.95. The number of carbonyl (C=O) groups excluding carboxylic acids is 1. The summed E-state index contributed by atoms with van der Waals surface area (Å²) < 4.78 is 0. The van der Waals surface area contributed by atoms with Crippen molar-refractivity contribution in [1.82, 2.24) is 9.88 Å². The number of amides is 1. The van der Waals surface area contributed by atoms with E-state index in [4.69, 9.17) is 0 Å². The summed E-state index contributed by atoms with van der Waals surface area (Å²) in [4.78, 5) is 18.9. The van der Waals surface area contributed by atoms with Crippen LogP contribution in [0.3, 0.4) is 0 Å². The first kappa shape index (κ1) is 13.4. The Morgan fingerprint density at radius 2 is 2.15 bits per heavy atom. The highest BCUT2D eigenvalue weighted by Crippen LogP contribution is 2.38. The van der Waals surface area contributed by atoms with Gasteiger partial charge in [0, 0.05) is 31.4 Å². The topological polar surface area (TPSA) is 45.2 Å². The zero-order valence-electron chi connectivity index (χ0n) is 12.1. The van der Waals surface area contributed by atoms with Crippen molar-refractivity contribution in [3.05, 3.63) is 23.9 Å². The van der Waals surface area contributed by atoms with Gasteiger partial charge in [-0.1, -0.05) is 13.3 Å². The van der Waals surface area contributed by atoms with E-state index in [1.165, 1.54) is 19.3 Å². The van der Waals surface area contributed by atoms with E-state index in [-0.39, 0.29) is 5.91 Å². The molecule has 1 aromatic heterocycles. The molecule has 0 radical (unpaired) electrons. The molecule has 2 heterocycles. The van der Waals surface area contributed by atoms with Crippen molar-refractivity contribution in [3.63, 3.8) is 0 Å². The fourth-order valence-corrected chi connectivity index (χ4v) is 3.50. The number of rotatable bonds is 4. The van der Waals surface area contributed by atoms with Gasteiger partial charge in [-0.3, -0.25) is 4.79 Å². The molecular weight excluding hydrogens is 250 g/mol. The van der Waals surface area contributed by atoms with Gasteiger partial charge in [-0.2, -0.15) is 0 Å². The molecule has 1 saturated carbocycles. The zero-order valence-corrected chi connectivity index (χ0v) is 12.1. The predicted molar refractivity (Wildman–Crippen MR) is 79.8 cm³/mol. The Hall–Kier alpha value is -1.58. The van der Waals surface area contributed by atoms with E-state index >= 15 is 0 Å². The molecule has 4 heteroatoms. The minimum Gasteiger partial charge on any atom is -0.370 e. The zero-order chi connectivity index (χ0) is 13.9. The van der Waals surface area contributed by atoms with Gasteiger partial charge in [-0.15, -0.1) is 0 Å². The van der Waals surface area contributed by atoms with Crippen LogP contribution >= 0.6 is 0 Å². The maximum Gasteiger partial charge on any atom is 0.254 e. The van der Waals surface area contributed by atoms with Gasteiger partial charge in [-0.25, -0.2) is 4.98 Å². The van der Waals surface area contributed by atoms with Gasteiger partial charge in [0.1, 0.15) is 5.82 Å². The summed E-state index contributed by atoms with van der Waals surface area (Å²) in [5.41, 5.74) is 0.763. The Morgan fingerprint density at radius 1 is 1.40 bits per heavy atom. The van der Waals surface area contributed by atoms with Crippen molar-refractivity contribution in [2.24, 2.45) is 11.8 Å². The highest BCUT2D eigenvalue weighted by atomic mass is 16.2. The van der Waals surface area contributed by atoms with E-state index in [0.717, 1.165) is 49.3 Å². The van der Waals surface area contributed by atoms with E-state index in [1.54, 1.807) is 6.20 Å². The average molecular weight is 273 g/mol. The predicted octanol–water partition coefficient (Wildman–Crippen LogP) is 2.78. The van der Waals surface area contributed by atoms with E-state index in [0.29, 0.717) is 0 Å². The molecule has 2 fully saturated rings. The summed E-state index contributed by atoms with van der Waals surface area (Å²) in [6, 6.07) is 3.71. The lowest BCUT2D eigenvalue weighted by molar-refractivity contribution is 0.0780. The van der Waals surface area contributed by atoms with Crippen LogP contribution in [0.15, 0.2) is 18.3 Å². The first-order valence-corrected chi connectivity index (χ1v) is 7.77. The quantitative estimate of drug-likeness (QED) is 0.917. The van der Waals surface area contributed by atoms with Crippen molar-refractivity contribution < 1.29 is 4.79 Å².